The van der Waals surface area contributed by atoms with Crippen molar-refractivity contribution < 1.29 is 19.1 Å². The van der Waals surface area contributed by atoms with E-state index in [1.807, 2.05) is 20.8 Å². The number of hydrogen-bond acceptors (Lipinski definition) is 6. The average Bonchev–Trinajstić information content (AvgIpc) is 2.74. The molecular formula is C22H26Cl2N4O5. The summed E-state index contributed by atoms with van der Waals surface area (Å²) in [4.78, 5) is 39.1. The fourth-order valence-electron chi connectivity index (χ4n) is 3.27. The monoisotopic (exact) mass is 496 g/mol. The minimum absolute atomic E-state index is 0.0438. The van der Waals surface area contributed by atoms with Crippen LogP contribution in [0.25, 0.3) is 5.69 Å². The van der Waals surface area contributed by atoms with E-state index in [1.165, 1.54) is 25.2 Å². The van der Waals surface area contributed by atoms with Crippen LogP contribution in [-0.2, 0) is 4.74 Å². The summed E-state index contributed by atoms with van der Waals surface area (Å²) in [5.74, 6) is -0.434. The second-order valence-corrected chi connectivity index (χ2v) is 9.38. The fraction of sp³-hybridized carbons (Fsp3) is 0.455. The summed E-state index contributed by atoms with van der Waals surface area (Å²) in [5.41, 5.74) is -0.756. The molecule has 1 aliphatic rings. The topological polar surface area (TPSA) is 103 Å². The van der Waals surface area contributed by atoms with E-state index in [1.54, 1.807) is 11.0 Å². The molecule has 1 aromatic heterocycles. The predicted molar refractivity (Wildman–Crippen MR) is 125 cm³/mol. The minimum atomic E-state index is -0.573. The van der Waals surface area contributed by atoms with Gasteiger partial charge in [-0.2, -0.15) is 9.78 Å². The van der Waals surface area contributed by atoms with Crippen LogP contribution in [0.15, 0.2) is 29.1 Å². The molecule has 0 atom stereocenters. The Morgan fingerprint density at radius 1 is 1.12 bits per heavy atom. The fourth-order valence-corrected chi connectivity index (χ4v) is 3.56. The number of halogens is 2. The predicted octanol–water partition coefficient (Wildman–Crippen LogP) is 3.68. The summed E-state index contributed by atoms with van der Waals surface area (Å²) >= 11 is 12.0. The number of ether oxygens (including phenoxy) is 2. The van der Waals surface area contributed by atoms with Crippen LogP contribution in [0.5, 0.6) is 5.75 Å². The van der Waals surface area contributed by atoms with Crippen LogP contribution in [0.2, 0.25) is 10.0 Å². The van der Waals surface area contributed by atoms with Crippen LogP contribution in [0.4, 0.5) is 4.79 Å². The van der Waals surface area contributed by atoms with Gasteiger partial charge in [0.15, 0.2) is 11.4 Å². The third-order valence-electron chi connectivity index (χ3n) is 4.87. The van der Waals surface area contributed by atoms with E-state index < -0.39 is 17.1 Å². The molecule has 1 fully saturated rings. The first-order chi connectivity index (χ1) is 15.5. The molecule has 1 saturated heterocycles. The van der Waals surface area contributed by atoms with Gasteiger partial charge in [0.1, 0.15) is 11.7 Å². The highest BCUT2D eigenvalue weighted by Gasteiger charge is 2.29. The molecule has 33 heavy (non-hydrogen) atoms. The molecule has 0 radical (unpaired) electrons. The van der Waals surface area contributed by atoms with Crippen molar-refractivity contribution in [3.05, 3.63) is 50.4 Å². The second-order valence-electron chi connectivity index (χ2n) is 8.57. The molecule has 0 unspecified atom stereocenters. The number of benzene rings is 1. The summed E-state index contributed by atoms with van der Waals surface area (Å²) in [6, 6.07) is 5.82. The molecule has 11 heteroatoms. The Balaban J connectivity index is 1.80. The maximum Gasteiger partial charge on any atom is 0.410 e. The lowest BCUT2D eigenvalue weighted by molar-refractivity contribution is 0.0125. The van der Waals surface area contributed by atoms with Gasteiger partial charge < -0.3 is 19.7 Å². The zero-order valence-electron chi connectivity index (χ0n) is 18.9. The van der Waals surface area contributed by atoms with Gasteiger partial charge in [0.2, 0.25) is 0 Å². The number of nitrogens with zero attached hydrogens (tertiary/aromatic N) is 3. The number of carbonyl (C=O) groups is 2. The summed E-state index contributed by atoms with van der Waals surface area (Å²) in [7, 11) is 1.46. The molecule has 2 amide bonds. The number of aromatic nitrogens is 2. The van der Waals surface area contributed by atoms with Crippen LogP contribution in [0, 0.1) is 0 Å². The number of nitrogens with one attached hydrogen (secondary N) is 1. The third-order valence-corrected chi connectivity index (χ3v) is 5.61. The molecule has 0 saturated carbocycles. The molecular weight excluding hydrogens is 471 g/mol. The number of piperidine rings is 1. The van der Waals surface area contributed by atoms with Gasteiger partial charge >= 0.3 is 6.09 Å². The molecule has 0 aliphatic carbocycles. The van der Waals surface area contributed by atoms with Crippen molar-refractivity contribution in [1.82, 2.24) is 20.0 Å². The van der Waals surface area contributed by atoms with E-state index in [9.17, 15) is 14.4 Å². The molecule has 3 rings (SSSR count). The third kappa shape index (κ3) is 6.17. The first kappa shape index (κ1) is 24.9. The molecule has 1 aromatic carbocycles. The van der Waals surface area contributed by atoms with Crippen molar-refractivity contribution in [1.29, 1.82) is 0 Å². The first-order valence-electron chi connectivity index (χ1n) is 10.4. The van der Waals surface area contributed by atoms with Crippen LogP contribution < -0.4 is 15.6 Å². The van der Waals surface area contributed by atoms with Crippen LogP contribution >= 0.6 is 23.2 Å². The Morgan fingerprint density at radius 3 is 2.36 bits per heavy atom. The Labute approximate surface area is 201 Å². The largest absolute Gasteiger partial charge is 0.488 e. The van der Waals surface area contributed by atoms with E-state index in [0.29, 0.717) is 36.6 Å². The quantitative estimate of drug-likeness (QED) is 0.692. The SMILES string of the molecule is CNC(=O)c1nn(-c2ccc(Cl)c(Cl)c2)c(=O)cc1OC1CCN(C(=O)OC(C)(C)C)CC1. The van der Waals surface area contributed by atoms with Gasteiger partial charge in [-0.15, -0.1) is 0 Å². The number of amides is 2. The summed E-state index contributed by atoms with van der Waals surface area (Å²) in [6.45, 7) is 6.31. The lowest BCUT2D eigenvalue weighted by atomic mass is 10.1. The van der Waals surface area contributed by atoms with Gasteiger partial charge in [0, 0.05) is 33.0 Å². The lowest BCUT2D eigenvalue weighted by Crippen LogP contribution is -2.44. The van der Waals surface area contributed by atoms with E-state index in [4.69, 9.17) is 32.7 Å². The smallest absolute Gasteiger partial charge is 0.410 e. The second kappa shape index (κ2) is 10.0. The van der Waals surface area contributed by atoms with Crippen molar-refractivity contribution in [3.63, 3.8) is 0 Å². The number of hydrogen-bond donors (Lipinski definition) is 1. The normalized spacial score (nSPS) is 14.7. The van der Waals surface area contributed by atoms with Gasteiger partial charge in [-0.3, -0.25) is 9.59 Å². The van der Waals surface area contributed by atoms with Gasteiger partial charge in [-0.25, -0.2) is 4.79 Å². The molecule has 178 valence electrons. The van der Waals surface area contributed by atoms with Gasteiger partial charge in [-0.05, 0) is 39.0 Å². The van der Waals surface area contributed by atoms with Crippen molar-refractivity contribution in [2.75, 3.05) is 20.1 Å². The van der Waals surface area contributed by atoms with E-state index in [0.717, 1.165) is 4.68 Å². The molecule has 9 nitrogen and oxygen atoms in total. The highest BCUT2D eigenvalue weighted by atomic mass is 35.5. The molecule has 0 spiro atoms. The standard InChI is InChI=1S/C22H26Cl2N4O5/c1-22(2,3)33-21(31)27-9-7-14(8-10-27)32-17-12-18(29)28(26-19(17)20(30)25-4)13-5-6-15(23)16(24)11-13/h5-6,11-12,14H,7-10H2,1-4H3,(H,25,30). The molecule has 0 bridgehead atoms. The van der Waals surface area contributed by atoms with Crippen molar-refractivity contribution in [2.24, 2.45) is 0 Å². The summed E-state index contributed by atoms with van der Waals surface area (Å²) in [5, 5.41) is 7.30. The maximum atomic E-state index is 12.8. The molecule has 1 aliphatic heterocycles. The Hall–Kier alpha value is -2.78. The van der Waals surface area contributed by atoms with Gasteiger partial charge in [-0.1, -0.05) is 23.2 Å². The average molecular weight is 497 g/mol. The maximum absolute atomic E-state index is 12.8. The van der Waals surface area contributed by atoms with Crippen LogP contribution in [-0.4, -0.2) is 58.5 Å². The van der Waals surface area contributed by atoms with Crippen LogP contribution in [0.1, 0.15) is 44.1 Å². The molecule has 2 heterocycles. The van der Waals surface area contributed by atoms with Gasteiger partial charge in [0.25, 0.3) is 11.5 Å². The van der Waals surface area contributed by atoms with E-state index >= 15 is 0 Å². The Morgan fingerprint density at radius 2 is 1.79 bits per heavy atom. The van der Waals surface area contributed by atoms with Crippen LogP contribution in [0.3, 0.4) is 0 Å². The van der Waals surface area contributed by atoms with Crippen molar-refractivity contribution >= 4 is 35.2 Å². The van der Waals surface area contributed by atoms with Crippen molar-refractivity contribution in [3.8, 4) is 11.4 Å². The summed E-state index contributed by atoms with van der Waals surface area (Å²) in [6.07, 6.45) is 0.358. The zero-order valence-corrected chi connectivity index (χ0v) is 20.4. The minimum Gasteiger partial charge on any atom is -0.488 e. The lowest BCUT2D eigenvalue weighted by Gasteiger charge is -2.33. The number of carbonyl (C=O) groups excluding carboxylic acids is 2. The van der Waals surface area contributed by atoms with Gasteiger partial charge in [0.05, 0.1) is 21.8 Å². The highest BCUT2D eigenvalue weighted by Crippen LogP contribution is 2.25. The summed E-state index contributed by atoms with van der Waals surface area (Å²) < 4.78 is 12.5. The Bertz CT molecular complexity index is 1100. The van der Waals surface area contributed by atoms with E-state index in [-0.39, 0.29) is 28.7 Å². The number of likely N-dealkylation sites (tertiary alicyclic amines) is 1. The first-order valence-corrected chi connectivity index (χ1v) is 11.2. The molecule has 2 aromatic rings. The van der Waals surface area contributed by atoms with Crippen molar-refractivity contribution in [2.45, 2.75) is 45.3 Å². The zero-order chi connectivity index (χ0) is 24.3. The Kier molecular flexibility index (Phi) is 7.54. The highest BCUT2D eigenvalue weighted by molar-refractivity contribution is 6.42. The molecule has 1 N–H and O–H groups in total. The van der Waals surface area contributed by atoms with E-state index in [2.05, 4.69) is 10.4 Å². The number of rotatable bonds is 4.